The molecule has 1 aromatic rings. The molecular formula is C19H30N2. The lowest BCUT2D eigenvalue weighted by Crippen LogP contribution is -2.47. The van der Waals surface area contributed by atoms with E-state index in [1.165, 1.54) is 50.6 Å². The Bertz CT molecular complexity index is 411. The zero-order valence-electron chi connectivity index (χ0n) is 13.4. The third kappa shape index (κ3) is 3.87. The van der Waals surface area contributed by atoms with Crippen LogP contribution < -0.4 is 10.6 Å². The van der Waals surface area contributed by atoms with Crippen molar-refractivity contribution in [2.24, 2.45) is 5.92 Å². The molecule has 2 fully saturated rings. The Morgan fingerprint density at radius 3 is 2.71 bits per heavy atom. The van der Waals surface area contributed by atoms with Crippen LogP contribution in [0.5, 0.6) is 0 Å². The van der Waals surface area contributed by atoms with Gasteiger partial charge in [0.15, 0.2) is 0 Å². The van der Waals surface area contributed by atoms with E-state index >= 15 is 0 Å². The predicted octanol–water partition coefficient (Wildman–Crippen LogP) is 3.69. The van der Waals surface area contributed by atoms with Crippen LogP contribution in [0.25, 0.3) is 0 Å². The molecule has 2 N–H and O–H groups in total. The number of piperidine rings is 1. The third-order valence-electron chi connectivity index (χ3n) is 5.49. The summed E-state index contributed by atoms with van der Waals surface area (Å²) in [7, 11) is 0. The normalized spacial score (nSPS) is 31.2. The summed E-state index contributed by atoms with van der Waals surface area (Å²) in [6.07, 6.45) is 8.35. The molecule has 2 heteroatoms. The fourth-order valence-electron chi connectivity index (χ4n) is 4.20. The highest BCUT2D eigenvalue weighted by molar-refractivity contribution is 5.19. The second-order valence-electron chi connectivity index (χ2n) is 6.98. The van der Waals surface area contributed by atoms with E-state index < -0.39 is 0 Å². The van der Waals surface area contributed by atoms with Gasteiger partial charge >= 0.3 is 0 Å². The van der Waals surface area contributed by atoms with Crippen LogP contribution in [0.2, 0.25) is 0 Å². The lowest BCUT2D eigenvalue weighted by atomic mass is 9.88. The lowest BCUT2D eigenvalue weighted by molar-refractivity contribution is 0.256. The van der Waals surface area contributed by atoms with Gasteiger partial charge in [-0.2, -0.15) is 0 Å². The fraction of sp³-hybridized carbons (Fsp3) is 0.684. The summed E-state index contributed by atoms with van der Waals surface area (Å²) < 4.78 is 0. The van der Waals surface area contributed by atoms with E-state index in [0.29, 0.717) is 5.92 Å². The van der Waals surface area contributed by atoms with Crippen molar-refractivity contribution in [2.45, 2.75) is 63.5 Å². The molecule has 0 bridgehead atoms. The summed E-state index contributed by atoms with van der Waals surface area (Å²) in [5, 5.41) is 7.66. The summed E-state index contributed by atoms with van der Waals surface area (Å²) in [4.78, 5) is 0. The van der Waals surface area contributed by atoms with Crippen molar-refractivity contribution in [3.8, 4) is 0 Å². The predicted molar refractivity (Wildman–Crippen MR) is 89.6 cm³/mol. The quantitative estimate of drug-likeness (QED) is 0.862. The minimum Gasteiger partial charge on any atom is -0.314 e. The van der Waals surface area contributed by atoms with Gasteiger partial charge in [-0.25, -0.2) is 0 Å². The van der Waals surface area contributed by atoms with Crippen LogP contribution in [-0.4, -0.2) is 25.2 Å². The molecule has 1 heterocycles. The number of rotatable bonds is 5. The Morgan fingerprint density at radius 1 is 1.10 bits per heavy atom. The first-order chi connectivity index (χ1) is 10.3. The Balaban J connectivity index is 1.51. The van der Waals surface area contributed by atoms with Crippen molar-refractivity contribution in [2.75, 3.05) is 13.1 Å². The van der Waals surface area contributed by atoms with Crippen molar-refractivity contribution >= 4 is 0 Å². The Kier molecular flexibility index (Phi) is 5.32. The molecule has 0 amide bonds. The largest absolute Gasteiger partial charge is 0.314 e. The first-order valence-electron chi connectivity index (χ1n) is 8.86. The molecule has 4 atom stereocenters. The van der Waals surface area contributed by atoms with Gasteiger partial charge in [0.2, 0.25) is 0 Å². The monoisotopic (exact) mass is 286 g/mol. The molecule has 2 aliphatic rings. The van der Waals surface area contributed by atoms with Crippen LogP contribution in [-0.2, 0) is 0 Å². The van der Waals surface area contributed by atoms with Gasteiger partial charge in [-0.1, -0.05) is 50.1 Å². The highest BCUT2D eigenvalue weighted by Gasteiger charge is 2.33. The Morgan fingerprint density at radius 2 is 1.95 bits per heavy atom. The van der Waals surface area contributed by atoms with Crippen LogP contribution in [0.3, 0.4) is 0 Å². The number of benzene rings is 1. The number of hydrogen-bond donors (Lipinski definition) is 2. The first kappa shape index (κ1) is 15.1. The number of hydrogen-bond acceptors (Lipinski definition) is 2. The molecule has 3 rings (SSSR count). The van der Waals surface area contributed by atoms with Crippen molar-refractivity contribution in [3.05, 3.63) is 35.9 Å². The summed E-state index contributed by atoms with van der Waals surface area (Å²) >= 11 is 0. The molecule has 4 unspecified atom stereocenters. The minimum atomic E-state index is 0.603. The van der Waals surface area contributed by atoms with Gasteiger partial charge in [0, 0.05) is 18.6 Å². The van der Waals surface area contributed by atoms with Crippen LogP contribution in [0.4, 0.5) is 0 Å². The average Bonchev–Trinajstić information content (AvgIpc) is 3.03. The molecule has 1 saturated heterocycles. The van der Waals surface area contributed by atoms with Crippen molar-refractivity contribution < 1.29 is 0 Å². The molecule has 21 heavy (non-hydrogen) atoms. The van der Waals surface area contributed by atoms with E-state index in [2.05, 4.69) is 47.9 Å². The molecule has 1 saturated carbocycles. The van der Waals surface area contributed by atoms with Crippen LogP contribution in [0.15, 0.2) is 30.3 Å². The van der Waals surface area contributed by atoms with Gasteiger partial charge < -0.3 is 10.6 Å². The Labute approximate surface area is 129 Å². The molecule has 1 aromatic carbocycles. The van der Waals surface area contributed by atoms with E-state index in [4.69, 9.17) is 0 Å². The highest BCUT2D eigenvalue weighted by atomic mass is 15.0. The third-order valence-corrected chi connectivity index (χ3v) is 5.49. The molecule has 1 aliphatic heterocycles. The van der Waals surface area contributed by atoms with E-state index in [0.717, 1.165) is 24.5 Å². The zero-order valence-corrected chi connectivity index (χ0v) is 13.4. The van der Waals surface area contributed by atoms with Crippen LogP contribution in [0.1, 0.15) is 56.9 Å². The first-order valence-corrected chi connectivity index (χ1v) is 8.86. The van der Waals surface area contributed by atoms with E-state index in [9.17, 15) is 0 Å². The molecule has 1 aliphatic carbocycles. The highest BCUT2D eigenvalue weighted by Crippen LogP contribution is 2.32. The molecule has 0 aromatic heterocycles. The minimum absolute atomic E-state index is 0.603. The molecule has 0 radical (unpaired) electrons. The van der Waals surface area contributed by atoms with Gasteiger partial charge in [-0.3, -0.25) is 0 Å². The zero-order chi connectivity index (χ0) is 14.5. The fourth-order valence-corrected chi connectivity index (χ4v) is 4.20. The van der Waals surface area contributed by atoms with Crippen LogP contribution in [0, 0.1) is 5.92 Å². The topological polar surface area (TPSA) is 24.1 Å². The van der Waals surface area contributed by atoms with Crippen molar-refractivity contribution in [1.29, 1.82) is 0 Å². The maximum atomic E-state index is 3.89. The second kappa shape index (κ2) is 7.42. The summed E-state index contributed by atoms with van der Waals surface area (Å²) in [5.41, 5.74) is 1.45. The van der Waals surface area contributed by atoms with Gasteiger partial charge in [0.1, 0.15) is 0 Å². The molecule has 116 valence electrons. The van der Waals surface area contributed by atoms with Gasteiger partial charge in [0.05, 0.1) is 0 Å². The standard InChI is InChI=1S/C19H30N2/c1-15(16-8-3-2-4-9-16)14-21-19-12-7-10-17(19)18-11-5-6-13-20-18/h2-4,8-9,15,17-21H,5-7,10-14H2,1H3. The Hall–Kier alpha value is -0.860. The molecular weight excluding hydrogens is 256 g/mol. The summed E-state index contributed by atoms with van der Waals surface area (Å²) in [6, 6.07) is 12.4. The van der Waals surface area contributed by atoms with E-state index in [1.54, 1.807) is 0 Å². The van der Waals surface area contributed by atoms with E-state index in [-0.39, 0.29) is 0 Å². The maximum Gasteiger partial charge on any atom is 0.0110 e. The molecule has 0 spiro atoms. The van der Waals surface area contributed by atoms with Crippen molar-refractivity contribution in [3.63, 3.8) is 0 Å². The van der Waals surface area contributed by atoms with Gasteiger partial charge in [0.25, 0.3) is 0 Å². The average molecular weight is 286 g/mol. The van der Waals surface area contributed by atoms with Crippen molar-refractivity contribution in [1.82, 2.24) is 10.6 Å². The molecule has 2 nitrogen and oxygen atoms in total. The second-order valence-corrected chi connectivity index (χ2v) is 6.98. The van der Waals surface area contributed by atoms with Crippen LogP contribution >= 0.6 is 0 Å². The summed E-state index contributed by atoms with van der Waals surface area (Å²) in [6.45, 7) is 4.68. The SMILES string of the molecule is CC(CNC1CCCC1C1CCCCN1)c1ccccc1. The number of nitrogens with one attached hydrogen (secondary N) is 2. The summed E-state index contributed by atoms with van der Waals surface area (Å²) in [5.74, 6) is 1.46. The lowest BCUT2D eigenvalue weighted by Gasteiger charge is -2.33. The maximum absolute atomic E-state index is 3.89. The van der Waals surface area contributed by atoms with E-state index in [1.807, 2.05) is 0 Å². The van der Waals surface area contributed by atoms with Gasteiger partial charge in [-0.05, 0) is 49.6 Å². The van der Waals surface area contributed by atoms with Gasteiger partial charge in [-0.15, -0.1) is 0 Å². The smallest absolute Gasteiger partial charge is 0.0110 e.